The van der Waals surface area contributed by atoms with Gasteiger partial charge in [0.2, 0.25) is 0 Å². The quantitative estimate of drug-likeness (QED) is 0.230. The molecule has 0 unspecified atom stereocenters. The fraction of sp³-hybridized carbons (Fsp3) is 0.100. The molecule has 0 bridgehead atoms. The highest BCUT2D eigenvalue weighted by atomic mass is 16.5. The molecule has 0 amide bonds. The molecule has 4 aromatic carbocycles. The summed E-state index contributed by atoms with van der Waals surface area (Å²) in [6, 6.07) is 32.9. The number of carbonyl (C=O) groups is 1. The minimum atomic E-state index is -0.378. The number of hydrogen-bond donors (Lipinski definition) is 0. The van der Waals surface area contributed by atoms with E-state index in [-0.39, 0.29) is 5.97 Å². The number of aryl methyl sites for hydroxylation is 1. The molecule has 0 saturated heterocycles. The fourth-order valence-corrected chi connectivity index (χ4v) is 3.54. The van der Waals surface area contributed by atoms with Gasteiger partial charge in [0.15, 0.2) is 0 Å². The van der Waals surface area contributed by atoms with Crippen molar-refractivity contribution < 1.29 is 14.3 Å². The second-order valence-electron chi connectivity index (χ2n) is 7.86. The van der Waals surface area contributed by atoms with E-state index in [2.05, 4.69) is 61.5 Å². The number of ether oxygens (including phenoxy) is 2. The highest BCUT2D eigenvalue weighted by molar-refractivity contribution is 5.88. The second-order valence-corrected chi connectivity index (χ2v) is 7.86. The Morgan fingerprint density at radius 1 is 0.758 bits per heavy atom. The second kappa shape index (κ2) is 10.5. The van der Waals surface area contributed by atoms with Gasteiger partial charge in [0.1, 0.15) is 12.4 Å². The van der Waals surface area contributed by atoms with Crippen molar-refractivity contribution in [1.29, 1.82) is 0 Å². The van der Waals surface area contributed by atoms with Gasteiger partial charge in [-0.15, -0.1) is 0 Å². The average molecular weight is 435 g/mol. The van der Waals surface area contributed by atoms with Crippen molar-refractivity contribution in [3.8, 4) is 28.0 Å². The molecule has 4 aromatic rings. The number of hydrogen-bond acceptors (Lipinski definition) is 3. The Labute approximate surface area is 194 Å². The van der Waals surface area contributed by atoms with Crippen LogP contribution in [0.4, 0.5) is 0 Å². The molecule has 0 atom stereocenters. The molecule has 0 aliphatic rings. The van der Waals surface area contributed by atoms with Gasteiger partial charge in [0.05, 0.1) is 7.11 Å². The van der Waals surface area contributed by atoms with Crippen LogP contribution in [0.5, 0.6) is 5.75 Å². The molecule has 0 fully saturated rings. The Kier molecular flexibility index (Phi) is 7.01. The minimum absolute atomic E-state index is 0.378. The van der Waals surface area contributed by atoms with Crippen LogP contribution in [0.25, 0.3) is 28.3 Å². The summed E-state index contributed by atoms with van der Waals surface area (Å²) in [5.74, 6) is 0.445. The number of carbonyl (C=O) groups excluding carboxylic acids is 1. The lowest BCUT2D eigenvalue weighted by molar-refractivity contribution is -0.134. The van der Waals surface area contributed by atoms with Crippen molar-refractivity contribution in [3.63, 3.8) is 0 Å². The van der Waals surface area contributed by atoms with Crippen molar-refractivity contribution >= 4 is 12.0 Å². The molecule has 3 heteroatoms. The smallest absolute Gasteiger partial charge is 0.330 e. The van der Waals surface area contributed by atoms with E-state index < -0.39 is 0 Å². The predicted octanol–water partition coefficient (Wildman–Crippen LogP) is 7.09. The van der Waals surface area contributed by atoms with Crippen LogP contribution in [0.1, 0.15) is 16.7 Å². The molecule has 0 aliphatic carbocycles. The molecule has 164 valence electrons. The fourth-order valence-electron chi connectivity index (χ4n) is 3.54. The summed E-state index contributed by atoms with van der Waals surface area (Å²) in [6.45, 7) is 2.61. The molecule has 0 spiro atoms. The predicted molar refractivity (Wildman–Crippen MR) is 134 cm³/mol. The number of rotatable bonds is 7. The molecule has 0 N–H and O–H groups in total. The summed E-state index contributed by atoms with van der Waals surface area (Å²) in [5, 5.41) is 0. The van der Waals surface area contributed by atoms with Crippen LogP contribution in [-0.4, -0.2) is 13.1 Å². The van der Waals surface area contributed by atoms with Crippen LogP contribution in [0.3, 0.4) is 0 Å². The zero-order chi connectivity index (χ0) is 23.0. The van der Waals surface area contributed by atoms with E-state index in [1.54, 1.807) is 6.08 Å². The molecule has 0 aliphatic heterocycles. The highest BCUT2D eigenvalue weighted by Crippen LogP contribution is 2.30. The molecule has 0 aromatic heterocycles. The zero-order valence-corrected chi connectivity index (χ0v) is 18.8. The van der Waals surface area contributed by atoms with E-state index in [1.165, 1.54) is 18.7 Å². The number of benzene rings is 4. The molecule has 0 saturated carbocycles. The molecule has 0 heterocycles. The van der Waals surface area contributed by atoms with Crippen LogP contribution in [0, 0.1) is 6.92 Å². The Morgan fingerprint density at radius 3 is 1.97 bits per heavy atom. The van der Waals surface area contributed by atoms with E-state index in [0.29, 0.717) is 6.61 Å². The van der Waals surface area contributed by atoms with E-state index in [0.717, 1.165) is 39.1 Å². The standard InChI is InChI=1S/C30H26O3/c1-22-8-11-25(12-9-22)27-18-24(10-17-30(31)32-2)19-28(20-27)26-13-15-29(16-14-26)33-21-23-6-4-3-5-7-23/h3-20H,21H2,1-2H3/b17-10+. The lowest BCUT2D eigenvalue weighted by atomic mass is 9.95. The first-order chi connectivity index (χ1) is 16.1. The summed E-state index contributed by atoms with van der Waals surface area (Å²) in [4.78, 5) is 11.6. The monoisotopic (exact) mass is 434 g/mol. The SMILES string of the molecule is COC(=O)/C=C/c1cc(-c2ccc(C)cc2)cc(-c2ccc(OCc3ccccc3)cc2)c1. The highest BCUT2D eigenvalue weighted by Gasteiger charge is 2.06. The molecule has 33 heavy (non-hydrogen) atoms. The molecular formula is C30H26O3. The summed E-state index contributed by atoms with van der Waals surface area (Å²) >= 11 is 0. The number of esters is 1. The third-order valence-corrected chi connectivity index (χ3v) is 5.39. The molecule has 0 radical (unpaired) electrons. The largest absolute Gasteiger partial charge is 0.489 e. The van der Waals surface area contributed by atoms with Crippen LogP contribution in [0.2, 0.25) is 0 Å². The van der Waals surface area contributed by atoms with Crippen molar-refractivity contribution in [2.45, 2.75) is 13.5 Å². The minimum Gasteiger partial charge on any atom is -0.489 e. The Hall–Kier alpha value is -4.11. The van der Waals surface area contributed by atoms with Crippen LogP contribution < -0.4 is 4.74 Å². The van der Waals surface area contributed by atoms with Crippen LogP contribution in [0.15, 0.2) is 103 Å². The lowest BCUT2D eigenvalue weighted by Crippen LogP contribution is -1.95. The van der Waals surface area contributed by atoms with Crippen molar-refractivity contribution in [3.05, 3.63) is 120 Å². The van der Waals surface area contributed by atoms with Crippen molar-refractivity contribution in [1.82, 2.24) is 0 Å². The first-order valence-electron chi connectivity index (χ1n) is 10.9. The number of methoxy groups -OCH3 is 1. The summed E-state index contributed by atoms with van der Waals surface area (Å²) in [6.07, 6.45) is 3.23. The van der Waals surface area contributed by atoms with Crippen LogP contribution in [-0.2, 0) is 16.1 Å². The van der Waals surface area contributed by atoms with Gasteiger partial charge in [-0.25, -0.2) is 4.79 Å². The van der Waals surface area contributed by atoms with Gasteiger partial charge in [-0.3, -0.25) is 0 Å². The van der Waals surface area contributed by atoms with Gasteiger partial charge < -0.3 is 9.47 Å². The van der Waals surface area contributed by atoms with Crippen molar-refractivity contribution in [2.75, 3.05) is 7.11 Å². The van der Waals surface area contributed by atoms with Gasteiger partial charge >= 0.3 is 5.97 Å². The van der Waals surface area contributed by atoms with Gasteiger partial charge in [-0.2, -0.15) is 0 Å². The average Bonchev–Trinajstić information content (AvgIpc) is 2.87. The topological polar surface area (TPSA) is 35.5 Å². The van der Waals surface area contributed by atoms with E-state index in [4.69, 9.17) is 9.47 Å². The molecular weight excluding hydrogens is 408 g/mol. The third-order valence-electron chi connectivity index (χ3n) is 5.39. The Bertz CT molecular complexity index is 1240. The summed E-state index contributed by atoms with van der Waals surface area (Å²) in [5.41, 5.74) is 7.62. The first kappa shape index (κ1) is 22.1. The molecule has 4 rings (SSSR count). The lowest BCUT2D eigenvalue weighted by Gasteiger charge is -2.11. The Balaban J connectivity index is 1.62. The van der Waals surface area contributed by atoms with Gasteiger partial charge in [0.25, 0.3) is 0 Å². The molecule has 3 nitrogen and oxygen atoms in total. The van der Waals surface area contributed by atoms with Gasteiger partial charge in [-0.1, -0.05) is 72.3 Å². The maximum absolute atomic E-state index is 11.6. The van der Waals surface area contributed by atoms with Crippen LogP contribution >= 0.6 is 0 Å². The third kappa shape index (κ3) is 5.98. The van der Waals surface area contributed by atoms with E-state index in [1.807, 2.05) is 42.5 Å². The summed E-state index contributed by atoms with van der Waals surface area (Å²) < 4.78 is 10.7. The Morgan fingerprint density at radius 2 is 1.36 bits per heavy atom. The van der Waals surface area contributed by atoms with Gasteiger partial charge in [0, 0.05) is 6.08 Å². The van der Waals surface area contributed by atoms with Crippen molar-refractivity contribution in [2.24, 2.45) is 0 Å². The normalized spacial score (nSPS) is 10.8. The van der Waals surface area contributed by atoms with E-state index >= 15 is 0 Å². The zero-order valence-electron chi connectivity index (χ0n) is 18.8. The first-order valence-corrected chi connectivity index (χ1v) is 10.9. The maximum atomic E-state index is 11.6. The van der Waals surface area contributed by atoms with E-state index in [9.17, 15) is 4.79 Å². The van der Waals surface area contributed by atoms with Gasteiger partial charge in [-0.05, 0) is 76.7 Å². The maximum Gasteiger partial charge on any atom is 0.330 e. The summed E-state index contributed by atoms with van der Waals surface area (Å²) in [7, 11) is 1.38.